The first kappa shape index (κ1) is 12.0. The summed E-state index contributed by atoms with van der Waals surface area (Å²) in [6.07, 6.45) is 0. The largest absolute Gasteiger partial charge is 0.480 e. The molecule has 1 atom stereocenters. The molecule has 1 aromatic rings. The highest BCUT2D eigenvalue weighted by Gasteiger charge is 2.28. The second-order valence-electron chi connectivity index (χ2n) is 3.94. The summed E-state index contributed by atoms with van der Waals surface area (Å²) in [5.74, 6) is -1.38. The smallest absolute Gasteiger partial charge is 0.325 e. The molecular formula is C12H14FNO3. The molecule has 1 N–H and O–H groups in total. The number of hydrogen-bond donors (Lipinski definition) is 1. The summed E-state index contributed by atoms with van der Waals surface area (Å²) < 4.78 is 18.3. The van der Waals surface area contributed by atoms with E-state index in [9.17, 15) is 14.3 Å². The molecule has 0 radical (unpaired) electrons. The van der Waals surface area contributed by atoms with Gasteiger partial charge < -0.3 is 9.84 Å². The standard InChI is InChI=1S/C12H14FNO3/c13-10-3-1-2-9(8-10)11(12(15)16)14-4-6-17-7-5-14/h1-3,8,11H,4-7H2,(H,15,16). The molecule has 0 bridgehead atoms. The average molecular weight is 239 g/mol. The Labute approximate surface area is 98.6 Å². The maximum Gasteiger partial charge on any atom is 0.325 e. The van der Waals surface area contributed by atoms with E-state index in [1.807, 2.05) is 0 Å². The molecule has 1 saturated heterocycles. The lowest BCUT2D eigenvalue weighted by atomic mass is 10.0. The molecule has 5 heteroatoms. The zero-order chi connectivity index (χ0) is 12.3. The molecule has 1 aliphatic rings. The van der Waals surface area contributed by atoms with Crippen LogP contribution in [0.25, 0.3) is 0 Å². The van der Waals surface area contributed by atoms with Crippen LogP contribution in [-0.2, 0) is 9.53 Å². The molecule has 0 aliphatic carbocycles. The van der Waals surface area contributed by atoms with Gasteiger partial charge in [0.2, 0.25) is 0 Å². The summed E-state index contributed by atoms with van der Waals surface area (Å²) >= 11 is 0. The number of aliphatic carboxylic acids is 1. The van der Waals surface area contributed by atoms with Crippen LogP contribution in [0.5, 0.6) is 0 Å². The van der Waals surface area contributed by atoms with E-state index >= 15 is 0 Å². The summed E-state index contributed by atoms with van der Waals surface area (Å²) in [5, 5.41) is 9.26. The van der Waals surface area contributed by atoms with Gasteiger partial charge in [0.1, 0.15) is 11.9 Å². The van der Waals surface area contributed by atoms with Crippen molar-refractivity contribution in [3.63, 3.8) is 0 Å². The van der Waals surface area contributed by atoms with Crippen molar-refractivity contribution in [1.82, 2.24) is 4.90 Å². The van der Waals surface area contributed by atoms with Crippen molar-refractivity contribution >= 4 is 5.97 Å². The molecule has 1 unspecified atom stereocenters. The van der Waals surface area contributed by atoms with Gasteiger partial charge in [0, 0.05) is 13.1 Å². The third-order valence-electron chi connectivity index (χ3n) is 2.81. The minimum Gasteiger partial charge on any atom is -0.480 e. The van der Waals surface area contributed by atoms with Crippen molar-refractivity contribution in [2.45, 2.75) is 6.04 Å². The van der Waals surface area contributed by atoms with Crippen molar-refractivity contribution in [3.05, 3.63) is 35.6 Å². The third-order valence-corrected chi connectivity index (χ3v) is 2.81. The fraction of sp³-hybridized carbons (Fsp3) is 0.417. The van der Waals surface area contributed by atoms with E-state index < -0.39 is 17.8 Å². The van der Waals surface area contributed by atoms with Gasteiger partial charge in [-0.2, -0.15) is 0 Å². The predicted molar refractivity (Wildman–Crippen MR) is 59.2 cm³/mol. The van der Waals surface area contributed by atoms with Crippen LogP contribution in [0.15, 0.2) is 24.3 Å². The van der Waals surface area contributed by atoms with Crippen LogP contribution in [0, 0.1) is 5.82 Å². The Kier molecular flexibility index (Phi) is 3.71. The number of benzene rings is 1. The molecule has 1 fully saturated rings. The van der Waals surface area contributed by atoms with Gasteiger partial charge in [-0.25, -0.2) is 4.39 Å². The van der Waals surface area contributed by atoms with E-state index in [-0.39, 0.29) is 0 Å². The van der Waals surface area contributed by atoms with Gasteiger partial charge in [0.25, 0.3) is 0 Å². The molecule has 1 aliphatic heterocycles. The van der Waals surface area contributed by atoms with Gasteiger partial charge in [-0.1, -0.05) is 12.1 Å². The van der Waals surface area contributed by atoms with Crippen molar-refractivity contribution in [1.29, 1.82) is 0 Å². The predicted octanol–water partition coefficient (Wildman–Crippen LogP) is 1.28. The van der Waals surface area contributed by atoms with Crippen LogP contribution >= 0.6 is 0 Å². The van der Waals surface area contributed by atoms with Gasteiger partial charge in [-0.3, -0.25) is 9.69 Å². The first-order valence-corrected chi connectivity index (χ1v) is 5.48. The van der Waals surface area contributed by atoms with Crippen molar-refractivity contribution in [3.8, 4) is 0 Å². The minimum atomic E-state index is -0.961. The average Bonchev–Trinajstić information content (AvgIpc) is 2.30. The lowest BCUT2D eigenvalue weighted by Gasteiger charge is -2.32. The molecule has 2 rings (SSSR count). The Balaban J connectivity index is 2.25. The van der Waals surface area contributed by atoms with E-state index in [0.717, 1.165) is 0 Å². The fourth-order valence-electron chi connectivity index (χ4n) is 2.02. The van der Waals surface area contributed by atoms with E-state index in [4.69, 9.17) is 4.74 Å². The Bertz CT molecular complexity index is 404. The Morgan fingerprint density at radius 2 is 2.12 bits per heavy atom. The zero-order valence-corrected chi connectivity index (χ0v) is 9.30. The number of morpholine rings is 1. The number of carbonyl (C=O) groups is 1. The van der Waals surface area contributed by atoms with Crippen LogP contribution in [0.1, 0.15) is 11.6 Å². The third kappa shape index (κ3) is 2.81. The molecule has 1 aromatic carbocycles. The van der Waals surface area contributed by atoms with Crippen LogP contribution < -0.4 is 0 Å². The molecular weight excluding hydrogens is 225 g/mol. The normalized spacial score (nSPS) is 18.9. The molecule has 4 nitrogen and oxygen atoms in total. The quantitative estimate of drug-likeness (QED) is 0.863. The van der Waals surface area contributed by atoms with Crippen LogP contribution in [0.2, 0.25) is 0 Å². The number of nitrogens with zero attached hydrogens (tertiary/aromatic N) is 1. The van der Waals surface area contributed by atoms with E-state index in [2.05, 4.69) is 0 Å². The van der Waals surface area contributed by atoms with Gasteiger partial charge in [0.15, 0.2) is 0 Å². The first-order chi connectivity index (χ1) is 8.18. The lowest BCUT2D eigenvalue weighted by Crippen LogP contribution is -2.42. The highest BCUT2D eigenvalue weighted by atomic mass is 19.1. The van der Waals surface area contributed by atoms with Gasteiger partial charge >= 0.3 is 5.97 Å². The van der Waals surface area contributed by atoms with Gasteiger partial charge in [-0.05, 0) is 17.7 Å². The second kappa shape index (κ2) is 5.25. The lowest BCUT2D eigenvalue weighted by molar-refractivity contribution is -0.145. The highest BCUT2D eigenvalue weighted by molar-refractivity contribution is 5.75. The molecule has 0 saturated carbocycles. The maximum atomic E-state index is 13.1. The summed E-state index contributed by atoms with van der Waals surface area (Å²) in [6.45, 7) is 2.12. The van der Waals surface area contributed by atoms with Crippen molar-refractivity contribution in [2.24, 2.45) is 0 Å². The molecule has 17 heavy (non-hydrogen) atoms. The number of carboxylic acid groups (broad SMARTS) is 1. The number of ether oxygens (including phenoxy) is 1. The number of rotatable bonds is 3. The van der Waals surface area contributed by atoms with E-state index in [0.29, 0.717) is 31.9 Å². The topological polar surface area (TPSA) is 49.8 Å². The van der Waals surface area contributed by atoms with Gasteiger partial charge in [-0.15, -0.1) is 0 Å². The molecule has 0 amide bonds. The molecule has 92 valence electrons. The van der Waals surface area contributed by atoms with E-state index in [1.165, 1.54) is 18.2 Å². The van der Waals surface area contributed by atoms with Crippen molar-refractivity contribution < 1.29 is 19.0 Å². The fourth-order valence-corrected chi connectivity index (χ4v) is 2.02. The summed E-state index contributed by atoms with van der Waals surface area (Å²) in [4.78, 5) is 13.1. The number of hydrogen-bond acceptors (Lipinski definition) is 3. The van der Waals surface area contributed by atoms with Crippen LogP contribution in [0.3, 0.4) is 0 Å². The molecule has 0 aromatic heterocycles. The zero-order valence-electron chi connectivity index (χ0n) is 9.30. The minimum absolute atomic E-state index is 0.415. The first-order valence-electron chi connectivity index (χ1n) is 5.48. The summed E-state index contributed by atoms with van der Waals surface area (Å²) in [5.41, 5.74) is 0.472. The Morgan fingerprint density at radius 3 is 2.71 bits per heavy atom. The SMILES string of the molecule is O=C(O)C(c1cccc(F)c1)N1CCOCC1. The monoisotopic (exact) mass is 239 g/mol. The summed E-state index contributed by atoms with van der Waals surface area (Å²) in [6, 6.07) is 4.95. The highest BCUT2D eigenvalue weighted by Crippen LogP contribution is 2.22. The number of halogens is 1. The van der Waals surface area contributed by atoms with E-state index in [1.54, 1.807) is 11.0 Å². The van der Waals surface area contributed by atoms with Gasteiger partial charge in [0.05, 0.1) is 13.2 Å². The second-order valence-corrected chi connectivity index (χ2v) is 3.94. The van der Waals surface area contributed by atoms with Crippen LogP contribution in [0.4, 0.5) is 4.39 Å². The van der Waals surface area contributed by atoms with Crippen LogP contribution in [-0.4, -0.2) is 42.3 Å². The maximum absolute atomic E-state index is 13.1. The van der Waals surface area contributed by atoms with Crippen molar-refractivity contribution in [2.75, 3.05) is 26.3 Å². The Morgan fingerprint density at radius 1 is 1.41 bits per heavy atom. The number of carboxylic acids is 1. The summed E-state index contributed by atoms with van der Waals surface area (Å²) in [7, 11) is 0. The molecule has 0 spiro atoms. The Hall–Kier alpha value is -1.46. The molecule has 1 heterocycles.